The van der Waals surface area contributed by atoms with Crippen LogP contribution in [0.15, 0.2) is 36.5 Å². The van der Waals surface area contributed by atoms with Crippen molar-refractivity contribution >= 4 is 23.2 Å². The van der Waals surface area contributed by atoms with E-state index in [-0.39, 0.29) is 11.8 Å². The van der Waals surface area contributed by atoms with E-state index in [2.05, 4.69) is 5.32 Å². The lowest BCUT2D eigenvalue weighted by molar-refractivity contribution is -0.611. The maximum Gasteiger partial charge on any atom is 0.241 e. The molecule has 3 rings (SSSR count). The van der Waals surface area contributed by atoms with Crippen LogP contribution >= 0.6 is 11.6 Å². The van der Waals surface area contributed by atoms with Gasteiger partial charge >= 0.3 is 0 Å². The van der Waals surface area contributed by atoms with E-state index < -0.39 is 6.04 Å². The molecule has 1 amide bonds. The van der Waals surface area contributed by atoms with Crippen LogP contribution in [0.3, 0.4) is 0 Å². The number of aromatic nitrogens is 1. The molecule has 0 aliphatic heterocycles. The van der Waals surface area contributed by atoms with E-state index >= 15 is 0 Å². The van der Waals surface area contributed by atoms with Crippen molar-refractivity contribution in [1.29, 1.82) is 0 Å². The number of anilines is 1. The van der Waals surface area contributed by atoms with Gasteiger partial charge in [0.2, 0.25) is 5.91 Å². The van der Waals surface area contributed by atoms with Gasteiger partial charge in [-0.1, -0.05) is 43.0 Å². The zero-order valence-electron chi connectivity index (χ0n) is 14.9. The summed E-state index contributed by atoms with van der Waals surface area (Å²) in [5.41, 5.74) is 8.89. The molecule has 6 heteroatoms. The Kier molecular flexibility index (Phi) is 5.79. The van der Waals surface area contributed by atoms with Crippen LogP contribution in [0.2, 0.25) is 5.02 Å². The van der Waals surface area contributed by atoms with E-state index in [1.807, 2.05) is 12.1 Å². The number of nitrogens with two attached hydrogens (primary N) is 1. The average Bonchev–Trinajstić information content (AvgIpc) is 2.66. The quantitative estimate of drug-likeness (QED) is 0.631. The number of carbonyl (C=O) groups is 1. The van der Waals surface area contributed by atoms with Crippen molar-refractivity contribution < 1.29 is 9.52 Å². The molecule has 3 N–H and O–H groups in total. The fraction of sp³-hybridized carbons (Fsp3) is 0.400. The summed E-state index contributed by atoms with van der Waals surface area (Å²) >= 11 is 6.25. The minimum Gasteiger partial charge on any atom is -0.618 e. The number of carbonyl (C=O) groups excluding carboxylic acids is 1. The molecular formula is C20H24ClN3O2. The molecular weight excluding hydrogens is 350 g/mol. The Balaban J connectivity index is 1.72. The number of pyridine rings is 1. The molecule has 1 heterocycles. The third-order valence-corrected chi connectivity index (χ3v) is 5.50. The number of benzene rings is 1. The van der Waals surface area contributed by atoms with Crippen molar-refractivity contribution in [2.24, 2.45) is 11.7 Å². The summed E-state index contributed by atoms with van der Waals surface area (Å²) < 4.78 is 0.792. The van der Waals surface area contributed by atoms with Gasteiger partial charge in [-0.05, 0) is 36.5 Å². The van der Waals surface area contributed by atoms with Crippen LogP contribution in [0.1, 0.15) is 37.8 Å². The molecule has 138 valence electrons. The van der Waals surface area contributed by atoms with Gasteiger partial charge in [0.1, 0.15) is 0 Å². The number of hydrogen-bond acceptors (Lipinski definition) is 3. The summed E-state index contributed by atoms with van der Waals surface area (Å²) in [6.45, 7) is 1.73. The van der Waals surface area contributed by atoms with Gasteiger partial charge in [-0.15, -0.1) is 0 Å². The van der Waals surface area contributed by atoms with Crippen LogP contribution < -0.4 is 15.8 Å². The molecule has 5 nitrogen and oxygen atoms in total. The SMILES string of the molecule is Cc1c(-c2ccc(NC(=O)[C@@H](N)C3CCCCC3)cc2)c(Cl)cc[n+]1[O-]. The van der Waals surface area contributed by atoms with Crippen molar-refractivity contribution in [3.8, 4) is 11.1 Å². The van der Waals surface area contributed by atoms with Crippen LogP contribution in [-0.4, -0.2) is 11.9 Å². The molecule has 1 saturated carbocycles. The van der Waals surface area contributed by atoms with Crippen molar-refractivity contribution in [2.45, 2.75) is 45.1 Å². The molecule has 1 atom stereocenters. The molecule has 0 bridgehead atoms. The van der Waals surface area contributed by atoms with Gasteiger partial charge in [0.15, 0.2) is 11.9 Å². The van der Waals surface area contributed by atoms with Crippen LogP contribution in [0.4, 0.5) is 5.69 Å². The third kappa shape index (κ3) is 4.00. The van der Waals surface area contributed by atoms with E-state index in [1.54, 1.807) is 25.1 Å². The normalized spacial score (nSPS) is 16.3. The first kappa shape index (κ1) is 18.7. The third-order valence-electron chi connectivity index (χ3n) is 5.19. The Bertz CT molecular complexity index is 786. The van der Waals surface area contributed by atoms with Crippen LogP contribution in [0, 0.1) is 18.0 Å². The first-order valence-electron chi connectivity index (χ1n) is 9.02. The highest BCUT2D eigenvalue weighted by Crippen LogP contribution is 2.30. The first-order valence-corrected chi connectivity index (χ1v) is 9.40. The lowest BCUT2D eigenvalue weighted by Gasteiger charge is -2.26. The number of halogens is 1. The van der Waals surface area contributed by atoms with Crippen molar-refractivity contribution in [2.75, 3.05) is 5.32 Å². The molecule has 0 saturated heterocycles. The van der Waals surface area contributed by atoms with Gasteiger partial charge in [0.05, 0.1) is 16.6 Å². The summed E-state index contributed by atoms with van der Waals surface area (Å²) in [6, 6.07) is 8.40. The zero-order chi connectivity index (χ0) is 18.7. The molecule has 1 fully saturated rings. The second-order valence-corrected chi connectivity index (χ2v) is 7.35. The second kappa shape index (κ2) is 8.06. The number of nitrogens with one attached hydrogen (secondary N) is 1. The van der Waals surface area contributed by atoms with Gasteiger partial charge < -0.3 is 16.3 Å². The summed E-state index contributed by atoms with van der Waals surface area (Å²) in [6.07, 6.45) is 6.97. The van der Waals surface area contributed by atoms with Crippen LogP contribution in [0.5, 0.6) is 0 Å². The van der Waals surface area contributed by atoms with E-state index in [0.29, 0.717) is 22.0 Å². The maximum atomic E-state index is 12.4. The van der Waals surface area contributed by atoms with Gasteiger partial charge in [-0.2, -0.15) is 4.73 Å². The predicted octanol–water partition coefficient (Wildman–Crippen LogP) is 3.79. The van der Waals surface area contributed by atoms with Crippen LogP contribution in [0.25, 0.3) is 11.1 Å². The number of rotatable bonds is 4. The molecule has 0 unspecified atom stereocenters. The highest BCUT2D eigenvalue weighted by Gasteiger charge is 2.26. The number of nitrogens with zero attached hydrogens (tertiary/aromatic N) is 1. The zero-order valence-corrected chi connectivity index (χ0v) is 15.6. The molecule has 1 aromatic carbocycles. The molecule has 0 radical (unpaired) electrons. The predicted molar refractivity (Wildman–Crippen MR) is 104 cm³/mol. The Morgan fingerprint density at radius 1 is 1.23 bits per heavy atom. The molecule has 1 aliphatic carbocycles. The largest absolute Gasteiger partial charge is 0.618 e. The Hall–Kier alpha value is -2.11. The van der Waals surface area contributed by atoms with Crippen molar-refractivity contribution in [3.05, 3.63) is 52.5 Å². The second-order valence-electron chi connectivity index (χ2n) is 6.94. The molecule has 2 aromatic rings. The summed E-state index contributed by atoms with van der Waals surface area (Å²) in [5, 5.41) is 15.2. The van der Waals surface area contributed by atoms with Gasteiger partial charge in [-0.3, -0.25) is 4.79 Å². The smallest absolute Gasteiger partial charge is 0.241 e. The maximum absolute atomic E-state index is 12.4. The summed E-state index contributed by atoms with van der Waals surface area (Å²) in [5.74, 6) is 0.122. The van der Waals surface area contributed by atoms with E-state index in [9.17, 15) is 10.0 Å². The highest BCUT2D eigenvalue weighted by molar-refractivity contribution is 6.33. The van der Waals surface area contributed by atoms with E-state index in [0.717, 1.165) is 36.0 Å². The first-order chi connectivity index (χ1) is 12.5. The Morgan fingerprint density at radius 2 is 1.88 bits per heavy atom. The molecule has 0 spiro atoms. The molecule has 1 aliphatic rings. The van der Waals surface area contributed by atoms with E-state index in [1.165, 1.54) is 12.6 Å². The van der Waals surface area contributed by atoms with Gasteiger partial charge in [-0.25, -0.2) is 0 Å². The lowest BCUT2D eigenvalue weighted by atomic mass is 9.84. The summed E-state index contributed by atoms with van der Waals surface area (Å²) in [7, 11) is 0. The minimum absolute atomic E-state index is 0.143. The average molecular weight is 374 g/mol. The standard InChI is InChI=1S/C20H24ClN3O2/c1-13-18(17(21)11-12-24(13)26)14-7-9-16(10-8-14)23-20(25)19(22)15-5-3-2-4-6-15/h7-12,15,19H,2-6,22H2,1H3,(H,23,25)/t19-/m0/s1. The monoisotopic (exact) mass is 373 g/mol. The van der Waals surface area contributed by atoms with Gasteiger partial charge in [0, 0.05) is 18.7 Å². The van der Waals surface area contributed by atoms with Crippen molar-refractivity contribution in [1.82, 2.24) is 0 Å². The van der Waals surface area contributed by atoms with Crippen LogP contribution in [-0.2, 0) is 4.79 Å². The topological polar surface area (TPSA) is 82.1 Å². The summed E-state index contributed by atoms with van der Waals surface area (Å²) in [4.78, 5) is 12.4. The Labute approximate surface area is 158 Å². The fourth-order valence-electron chi connectivity index (χ4n) is 3.61. The lowest BCUT2D eigenvalue weighted by Crippen LogP contribution is -2.42. The number of hydrogen-bond donors (Lipinski definition) is 2. The molecule has 1 aromatic heterocycles. The van der Waals surface area contributed by atoms with Crippen molar-refractivity contribution in [3.63, 3.8) is 0 Å². The van der Waals surface area contributed by atoms with E-state index in [4.69, 9.17) is 17.3 Å². The van der Waals surface area contributed by atoms with Gasteiger partial charge in [0.25, 0.3) is 0 Å². The number of amides is 1. The fourth-order valence-corrected chi connectivity index (χ4v) is 3.91. The Morgan fingerprint density at radius 3 is 2.54 bits per heavy atom. The molecule has 26 heavy (non-hydrogen) atoms. The highest BCUT2D eigenvalue weighted by atomic mass is 35.5. The minimum atomic E-state index is -0.472.